The summed E-state index contributed by atoms with van der Waals surface area (Å²) in [5, 5.41) is 0. The zero-order valence-corrected chi connectivity index (χ0v) is 11.5. The molecule has 1 rings (SSSR count). The van der Waals surface area contributed by atoms with Crippen molar-refractivity contribution in [3.63, 3.8) is 0 Å². The van der Waals surface area contributed by atoms with E-state index in [-0.39, 0.29) is 0 Å². The Balaban J connectivity index is 2.63. The predicted molar refractivity (Wildman–Crippen MR) is 75.2 cm³/mol. The molecule has 0 aromatic heterocycles. The topological polar surface area (TPSA) is 29.3 Å². The zero-order chi connectivity index (χ0) is 12.7. The molecular formula is C15H26N2. The van der Waals surface area contributed by atoms with E-state index in [4.69, 9.17) is 5.73 Å². The molecule has 0 heterocycles. The summed E-state index contributed by atoms with van der Waals surface area (Å²) in [5.74, 6) is 0. The predicted octanol–water partition coefficient (Wildman–Crippen LogP) is 2.86. The first-order valence-electron chi connectivity index (χ1n) is 6.65. The molecule has 0 amide bonds. The molecule has 0 bridgehead atoms. The van der Waals surface area contributed by atoms with Gasteiger partial charge in [0, 0.05) is 6.54 Å². The third-order valence-corrected chi connectivity index (χ3v) is 2.91. The van der Waals surface area contributed by atoms with Crippen molar-refractivity contribution in [2.45, 2.75) is 40.2 Å². The fourth-order valence-electron chi connectivity index (χ4n) is 2.32. The molecule has 0 atom stereocenters. The van der Waals surface area contributed by atoms with Crippen LogP contribution in [-0.4, -0.2) is 24.5 Å². The van der Waals surface area contributed by atoms with Crippen molar-refractivity contribution in [2.24, 2.45) is 5.73 Å². The quantitative estimate of drug-likeness (QED) is 0.786. The Morgan fingerprint density at radius 2 is 1.71 bits per heavy atom. The van der Waals surface area contributed by atoms with Crippen molar-refractivity contribution in [3.05, 3.63) is 34.9 Å². The van der Waals surface area contributed by atoms with Crippen LogP contribution in [0.2, 0.25) is 0 Å². The number of aryl methyl sites for hydroxylation is 2. The van der Waals surface area contributed by atoms with E-state index in [1.165, 1.54) is 23.1 Å². The van der Waals surface area contributed by atoms with Gasteiger partial charge in [0.2, 0.25) is 0 Å². The first-order chi connectivity index (χ1) is 8.15. The van der Waals surface area contributed by atoms with Gasteiger partial charge in [-0.15, -0.1) is 0 Å². The summed E-state index contributed by atoms with van der Waals surface area (Å²) >= 11 is 0. The molecule has 0 radical (unpaired) electrons. The largest absolute Gasteiger partial charge is 0.330 e. The summed E-state index contributed by atoms with van der Waals surface area (Å²) in [7, 11) is 0. The number of nitrogens with zero attached hydrogens (tertiary/aromatic N) is 1. The maximum Gasteiger partial charge on any atom is 0.0233 e. The second kappa shape index (κ2) is 7.46. The van der Waals surface area contributed by atoms with Gasteiger partial charge in [-0.25, -0.2) is 0 Å². The molecule has 17 heavy (non-hydrogen) atoms. The summed E-state index contributed by atoms with van der Waals surface area (Å²) in [6, 6.07) is 6.81. The van der Waals surface area contributed by atoms with Gasteiger partial charge in [0.25, 0.3) is 0 Å². The van der Waals surface area contributed by atoms with Gasteiger partial charge in [0.1, 0.15) is 0 Å². The lowest BCUT2D eigenvalue weighted by molar-refractivity contribution is 0.264. The molecule has 0 aliphatic heterocycles. The van der Waals surface area contributed by atoms with E-state index in [1.807, 2.05) is 0 Å². The highest BCUT2D eigenvalue weighted by Gasteiger charge is 2.05. The van der Waals surface area contributed by atoms with Crippen LogP contribution in [0, 0.1) is 13.8 Å². The minimum absolute atomic E-state index is 0.785. The van der Waals surface area contributed by atoms with Gasteiger partial charge >= 0.3 is 0 Å². The van der Waals surface area contributed by atoms with Crippen molar-refractivity contribution >= 4 is 0 Å². The van der Waals surface area contributed by atoms with Gasteiger partial charge in [0.15, 0.2) is 0 Å². The molecule has 2 heteroatoms. The number of benzene rings is 1. The second-order valence-corrected chi connectivity index (χ2v) is 4.91. The number of rotatable bonds is 7. The second-order valence-electron chi connectivity index (χ2n) is 4.91. The van der Waals surface area contributed by atoms with Gasteiger partial charge in [-0.05, 0) is 51.9 Å². The molecule has 0 unspecified atom stereocenters. The molecule has 1 aromatic rings. The van der Waals surface area contributed by atoms with Gasteiger partial charge in [-0.1, -0.05) is 36.2 Å². The highest BCUT2D eigenvalue weighted by molar-refractivity contribution is 5.28. The van der Waals surface area contributed by atoms with Crippen LogP contribution in [0.3, 0.4) is 0 Å². The number of hydrogen-bond acceptors (Lipinski definition) is 2. The monoisotopic (exact) mass is 234 g/mol. The van der Waals surface area contributed by atoms with Crippen molar-refractivity contribution in [3.8, 4) is 0 Å². The highest BCUT2D eigenvalue weighted by atomic mass is 15.1. The maximum absolute atomic E-state index is 5.59. The first-order valence-corrected chi connectivity index (χ1v) is 6.65. The lowest BCUT2D eigenvalue weighted by Gasteiger charge is -2.22. The maximum atomic E-state index is 5.59. The van der Waals surface area contributed by atoms with Crippen LogP contribution < -0.4 is 5.73 Å². The lowest BCUT2D eigenvalue weighted by Crippen LogP contribution is -2.26. The Hall–Kier alpha value is -0.860. The molecule has 1 aromatic carbocycles. The smallest absolute Gasteiger partial charge is 0.0233 e. The molecule has 0 spiro atoms. The van der Waals surface area contributed by atoms with E-state index in [9.17, 15) is 0 Å². The summed E-state index contributed by atoms with van der Waals surface area (Å²) < 4.78 is 0. The average molecular weight is 234 g/mol. The Labute approximate surface area is 106 Å². The van der Waals surface area contributed by atoms with Crippen molar-refractivity contribution in [1.29, 1.82) is 0 Å². The minimum atomic E-state index is 0.785. The fraction of sp³-hybridized carbons (Fsp3) is 0.600. The lowest BCUT2D eigenvalue weighted by atomic mass is 10.1. The van der Waals surface area contributed by atoms with E-state index in [0.29, 0.717) is 0 Å². The third-order valence-electron chi connectivity index (χ3n) is 2.91. The normalized spacial score (nSPS) is 11.1. The Bertz CT molecular complexity index is 313. The Kier molecular flexibility index (Phi) is 6.23. The molecule has 0 saturated heterocycles. The van der Waals surface area contributed by atoms with E-state index < -0.39 is 0 Å². The Morgan fingerprint density at radius 3 is 2.24 bits per heavy atom. The SMILES string of the molecule is CCCN(CCCN)Cc1cc(C)cc(C)c1. The van der Waals surface area contributed by atoms with Crippen LogP contribution in [0.4, 0.5) is 0 Å². The molecule has 0 saturated carbocycles. The van der Waals surface area contributed by atoms with E-state index in [2.05, 4.69) is 43.9 Å². The van der Waals surface area contributed by atoms with Crippen LogP contribution in [0.15, 0.2) is 18.2 Å². The van der Waals surface area contributed by atoms with E-state index in [1.54, 1.807) is 0 Å². The van der Waals surface area contributed by atoms with Crippen molar-refractivity contribution < 1.29 is 0 Å². The van der Waals surface area contributed by atoms with E-state index >= 15 is 0 Å². The van der Waals surface area contributed by atoms with Gasteiger partial charge in [-0.2, -0.15) is 0 Å². The molecule has 0 aliphatic carbocycles. The highest BCUT2D eigenvalue weighted by Crippen LogP contribution is 2.12. The van der Waals surface area contributed by atoms with Crippen molar-refractivity contribution in [2.75, 3.05) is 19.6 Å². The van der Waals surface area contributed by atoms with Crippen LogP contribution in [0.1, 0.15) is 36.5 Å². The molecular weight excluding hydrogens is 208 g/mol. The van der Waals surface area contributed by atoms with Crippen LogP contribution in [0.5, 0.6) is 0 Å². The van der Waals surface area contributed by atoms with Crippen LogP contribution in [-0.2, 0) is 6.54 Å². The van der Waals surface area contributed by atoms with Crippen molar-refractivity contribution in [1.82, 2.24) is 4.90 Å². The first kappa shape index (κ1) is 14.2. The minimum Gasteiger partial charge on any atom is -0.330 e. The fourth-order valence-corrected chi connectivity index (χ4v) is 2.32. The van der Waals surface area contributed by atoms with Crippen LogP contribution >= 0.6 is 0 Å². The van der Waals surface area contributed by atoms with Crippen LogP contribution in [0.25, 0.3) is 0 Å². The summed E-state index contributed by atoms with van der Waals surface area (Å²) in [4.78, 5) is 2.50. The number of hydrogen-bond donors (Lipinski definition) is 1. The molecule has 0 fully saturated rings. The summed E-state index contributed by atoms with van der Waals surface area (Å²) in [6.45, 7) is 10.7. The molecule has 2 N–H and O–H groups in total. The summed E-state index contributed by atoms with van der Waals surface area (Å²) in [6.07, 6.45) is 2.29. The summed E-state index contributed by atoms with van der Waals surface area (Å²) in [5.41, 5.74) is 9.73. The van der Waals surface area contributed by atoms with E-state index in [0.717, 1.165) is 32.6 Å². The molecule has 0 aliphatic rings. The molecule has 2 nitrogen and oxygen atoms in total. The third kappa shape index (κ3) is 5.33. The van der Waals surface area contributed by atoms with Gasteiger partial charge < -0.3 is 5.73 Å². The van der Waals surface area contributed by atoms with Gasteiger partial charge in [0.05, 0.1) is 0 Å². The Morgan fingerprint density at radius 1 is 1.06 bits per heavy atom. The molecule has 96 valence electrons. The standard InChI is InChI=1S/C15H26N2/c1-4-7-17(8-5-6-16)12-15-10-13(2)9-14(3)11-15/h9-11H,4-8,12,16H2,1-3H3. The average Bonchev–Trinajstić information content (AvgIpc) is 2.24. The van der Waals surface area contributed by atoms with Gasteiger partial charge in [-0.3, -0.25) is 4.90 Å². The number of nitrogens with two attached hydrogens (primary N) is 1. The zero-order valence-electron chi connectivity index (χ0n) is 11.5.